The predicted molar refractivity (Wildman–Crippen MR) is 126 cm³/mol. The fraction of sp³-hybridized carbons (Fsp3) is 0.417. The van der Waals surface area contributed by atoms with Gasteiger partial charge in [-0.05, 0) is 69.2 Å². The Kier molecular flexibility index (Phi) is 6.98. The summed E-state index contributed by atoms with van der Waals surface area (Å²) in [6, 6.07) is 12.6. The molecule has 8 heteroatoms. The van der Waals surface area contributed by atoms with Crippen LogP contribution >= 0.6 is 11.6 Å². The minimum Gasteiger partial charge on any atom is -0.359 e. The molecule has 3 amide bonds. The number of halogens is 1. The lowest BCUT2D eigenvalue weighted by Gasteiger charge is -2.42. The Labute approximate surface area is 193 Å². The number of carbonyl (C=O) groups is 2. The Balaban J connectivity index is 1.53. The average molecular weight is 457 g/mol. The van der Waals surface area contributed by atoms with E-state index < -0.39 is 17.7 Å². The molecule has 2 aromatic carbocycles. The summed E-state index contributed by atoms with van der Waals surface area (Å²) in [5.74, 6) is -0.634. The maximum Gasteiger partial charge on any atom is 0.329 e. The number of carbonyl (C=O) groups excluding carboxylic acids is 2. The van der Waals surface area contributed by atoms with Gasteiger partial charge in [0.15, 0.2) is 0 Å². The highest BCUT2D eigenvalue weighted by molar-refractivity contribution is 6.30. The Hall–Kier alpha value is -2.61. The molecule has 170 valence electrons. The summed E-state index contributed by atoms with van der Waals surface area (Å²) in [6.07, 6.45) is 5.77. The van der Waals surface area contributed by atoms with Gasteiger partial charge in [0.1, 0.15) is 0 Å². The van der Waals surface area contributed by atoms with Crippen LogP contribution in [0.25, 0.3) is 0 Å². The van der Waals surface area contributed by atoms with Crippen molar-refractivity contribution < 1.29 is 14.7 Å². The van der Waals surface area contributed by atoms with E-state index in [0.29, 0.717) is 28.5 Å². The van der Waals surface area contributed by atoms with Crippen molar-refractivity contribution in [2.24, 2.45) is 0 Å². The molecule has 0 spiro atoms. The quantitative estimate of drug-likeness (QED) is 0.575. The fourth-order valence-corrected chi connectivity index (χ4v) is 4.57. The van der Waals surface area contributed by atoms with E-state index >= 15 is 0 Å². The van der Waals surface area contributed by atoms with Crippen LogP contribution in [0.15, 0.2) is 48.5 Å². The van der Waals surface area contributed by atoms with Gasteiger partial charge in [0.25, 0.3) is 11.6 Å². The van der Waals surface area contributed by atoms with Gasteiger partial charge >= 0.3 is 6.03 Å². The molecule has 0 bridgehead atoms. The fourth-order valence-electron chi connectivity index (χ4n) is 4.44. The first-order valence-corrected chi connectivity index (χ1v) is 11.6. The maximum absolute atomic E-state index is 13.4. The van der Waals surface area contributed by atoms with E-state index in [4.69, 9.17) is 11.6 Å². The molecule has 2 heterocycles. The van der Waals surface area contributed by atoms with E-state index in [0.717, 1.165) is 31.0 Å². The van der Waals surface area contributed by atoms with Crippen LogP contribution in [0.3, 0.4) is 0 Å². The van der Waals surface area contributed by atoms with Crippen LogP contribution in [-0.2, 0) is 10.5 Å². The molecular formula is C24H29ClN4O3. The van der Waals surface area contributed by atoms with Gasteiger partial charge in [-0.2, -0.15) is 0 Å². The summed E-state index contributed by atoms with van der Waals surface area (Å²) in [4.78, 5) is 29.8. The first-order valence-electron chi connectivity index (χ1n) is 11.2. The van der Waals surface area contributed by atoms with E-state index in [1.807, 2.05) is 0 Å². The van der Waals surface area contributed by atoms with Crippen molar-refractivity contribution in [3.8, 4) is 0 Å². The van der Waals surface area contributed by atoms with E-state index in [1.165, 1.54) is 25.7 Å². The number of likely N-dealkylation sites (tertiary alicyclic amines) is 1. The van der Waals surface area contributed by atoms with Crippen molar-refractivity contribution >= 4 is 34.9 Å². The smallest absolute Gasteiger partial charge is 0.329 e. The molecule has 32 heavy (non-hydrogen) atoms. The van der Waals surface area contributed by atoms with Gasteiger partial charge in [-0.15, -0.1) is 0 Å². The molecule has 0 aliphatic carbocycles. The van der Waals surface area contributed by atoms with E-state index in [-0.39, 0.29) is 0 Å². The topological polar surface area (TPSA) is 84.9 Å². The minimum absolute atomic E-state index is 0.319. The molecule has 1 saturated heterocycles. The molecule has 2 aromatic rings. The van der Waals surface area contributed by atoms with Crippen molar-refractivity contribution in [1.82, 2.24) is 10.2 Å². The molecule has 0 unspecified atom stereocenters. The number of para-hydroxylation sites is 1. The molecule has 1 atom stereocenters. The van der Waals surface area contributed by atoms with Crippen molar-refractivity contribution in [2.75, 3.05) is 36.4 Å². The molecular weight excluding hydrogens is 428 g/mol. The summed E-state index contributed by atoms with van der Waals surface area (Å²) < 4.78 is 0. The molecule has 0 saturated carbocycles. The van der Waals surface area contributed by atoms with Crippen LogP contribution in [0.2, 0.25) is 5.02 Å². The predicted octanol–water partition coefficient (Wildman–Crippen LogP) is 3.92. The SMILES string of the molecule is O=C1Nc2ccccc2[C@](O)(C(=O)NCCCN2CCCCCC2)N1c1ccc(Cl)cc1. The van der Waals surface area contributed by atoms with Crippen molar-refractivity contribution in [2.45, 2.75) is 37.8 Å². The van der Waals surface area contributed by atoms with Crippen molar-refractivity contribution in [3.05, 3.63) is 59.1 Å². The normalized spacial score (nSPS) is 21.4. The third-order valence-electron chi connectivity index (χ3n) is 6.11. The summed E-state index contributed by atoms with van der Waals surface area (Å²) >= 11 is 6.00. The largest absolute Gasteiger partial charge is 0.359 e. The van der Waals surface area contributed by atoms with Crippen LogP contribution in [0.1, 0.15) is 37.7 Å². The summed E-state index contributed by atoms with van der Waals surface area (Å²) in [6.45, 7) is 3.50. The highest BCUT2D eigenvalue weighted by Crippen LogP contribution is 2.39. The Morgan fingerprint density at radius 2 is 1.75 bits per heavy atom. The molecule has 3 N–H and O–H groups in total. The van der Waals surface area contributed by atoms with Gasteiger partial charge in [0.2, 0.25) is 0 Å². The summed E-state index contributed by atoms with van der Waals surface area (Å²) in [5.41, 5.74) is -1.09. The molecule has 2 aliphatic heterocycles. The second kappa shape index (κ2) is 9.90. The molecule has 7 nitrogen and oxygen atoms in total. The highest BCUT2D eigenvalue weighted by Gasteiger charge is 2.51. The number of amides is 3. The van der Waals surface area contributed by atoms with Crippen LogP contribution in [0.4, 0.5) is 16.2 Å². The third-order valence-corrected chi connectivity index (χ3v) is 6.36. The standard InChI is InChI=1S/C24H29ClN4O3/c25-18-10-12-19(13-11-18)29-23(31)27-21-9-4-3-8-20(21)24(29,32)22(30)26-14-7-17-28-15-5-1-2-6-16-28/h3-4,8-13,32H,1-2,5-7,14-17H2,(H,26,30)(H,27,31)/t24-/m0/s1. The number of urea groups is 1. The maximum atomic E-state index is 13.4. The van der Waals surface area contributed by atoms with Gasteiger partial charge in [-0.1, -0.05) is 42.6 Å². The Bertz CT molecular complexity index is 960. The Morgan fingerprint density at radius 3 is 2.47 bits per heavy atom. The van der Waals surface area contributed by atoms with Crippen LogP contribution in [-0.4, -0.2) is 48.1 Å². The van der Waals surface area contributed by atoms with Crippen molar-refractivity contribution in [1.29, 1.82) is 0 Å². The molecule has 0 aromatic heterocycles. The van der Waals surface area contributed by atoms with Crippen molar-refractivity contribution in [3.63, 3.8) is 0 Å². The van der Waals surface area contributed by atoms with Gasteiger partial charge < -0.3 is 20.6 Å². The number of hydrogen-bond acceptors (Lipinski definition) is 4. The highest BCUT2D eigenvalue weighted by atomic mass is 35.5. The second-order valence-electron chi connectivity index (χ2n) is 8.33. The number of nitrogens with zero attached hydrogens (tertiary/aromatic N) is 2. The zero-order valence-corrected chi connectivity index (χ0v) is 18.8. The molecule has 2 aliphatic rings. The third kappa shape index (κ3) is 4.60. The first kappa shape index (κ1) is 22.6. The van der Waals surface area contributed by atoms with Gasteiger partial charge in [-0.25, -0.2) is 4.79 Å². The molecule has 4 rings (SSSR count). The zero-order chi connectivity index (χ0) is 22.6. The lowest BCUT2D eigenvalue weighted by Crippen LogP contribution is -2.62. The average Bonchev–Trinajstić information content (AvgIpc) is 3.06. The summed E-state index contributed by atoms with van der Waals surface area (Å²) in [7, 11) is 0. The van der Waals surface area contributed by atoms with E-state index in [2.05, 4.69) is 15.5 Å². The minimum atomic E-state index is -2.19. The number of rotatable bonds is 6. The van der Waals surface area contributed by atoms with Crippen LogP contribution in [0, 0.1) is 0 Å². The Morgan fingerprint density at radius 1 is 1.06 bits per heavy atom. The van der Waals surface area contributed by atoms with Gasteiger partial charge in [-0.3, -0.25) is 9.69 Å². The zero-order valence-electron chi connectivity index (χ0n) is 18.0. The first-order chi connectivity index (χ1) is 15.5. The van der Waals surface area contributed by atoms with E-state index in [9.17, 15) is 14.7 Å². The number of anilines is 2. The lowest BCUT2D eigenvalue weighted by molar-refractivity contribution is -0.140. The number of aliphatic hydroxyl groups is 1. The molecule has 1 fully saturated rings. The second-order valence-corrected chi connectivity index (χ2v) is 8.76. The molecule has 0 radical (unpaired) electrons. The summed E-state index contributed by atoms with van der Waals surface area (Å²) in [5, 5.41) is 17.8. The number of fused-ring (bicyclic) bond motifs is 1. The lowest BCUT2D eigenvalue weighted by atomic mass is 9.95. The van der Waals surface area contributed by atoms with Crippen LogP contribution < -0.4 is 15.5 Å². The van der Waals surface area contributed by atoms with Crippen LogP contribution in [0.5, 0.6) is 0 Å². The number of hydrogen-bond donors (Lipinski definition) is 3. The van der Waals surface area contributed by atoms with Gasteiger partial charge in [0, 0.05) is 22.8 Å². The number of benzene rings is 2. The monoisotopic (exact) mass is 456 g/mol. The number of nitrogens with one attached hydrogen (secondary N) is 2. The van der Waals surface area contributed by atoms with E-state index in [1.54, 1.807) is 48.5 Å². The van der Waals surface area contributed by atoms with Gasteiger partial charge in [0.05, 0.1) is 5.69 Å².